The molecular formula is C23H38F3N5. The number of piperazine rings is 1. The zero-order valence-corrected chi connectivity index (χ0v) is 19.5. The summed E-state index contributed by atoms with van der Waals surface area (Å²) in [6, 6.07) is 4.70. The number of halogens is 3. The molecule has 0 spiro atoms. The molecule has 0 bridgehead atoms. The minimum Gasteiger partial charge on any atom is -0.369 e. The third-order valence-corrected chi connectivity index (χ3v) is 5.57. The molecule has 0 aliphatic carbocycles. The van der Waals surface area contributed by atoms with E-state index < -0.39 is 12.7 Å². The number of alkyl halides is 3. The van der Waals surface area contributed by atoms with Crippen molar-refractivity contribution in [2.45, 2.75) is 65.2 Å². The smallest absolute Gasteiger partial charge is 0.369 e. The van der Waals surface area contributed by atoms with Gasteiger partial charge in [0.05, 0.1) is 12.1 Å². The second-order valence-corrected chi connectivity index (χ2v) is 9.06. The highest BCUT2D eigenvalue weighted by molar-refractivity contribution is 5.55. The molecule has 0 aromatic carbocycles. The first kappa shape index (κ1) is 25.5. The van der Waals surface area contributed by atoms with Crippen LogP contribution in [0.15, 0.2) is 30.0 Å². The molecule has 0 unspecified atom stereocenters. The number of anilines is 2. The van der Waals surface area contributed by atoms with Gasteiger partial charge in [-0.15, -0.1) is 0 Å². The van der Waals surface area contributed by atoms with Crippen molar-refractivity contribution in [2.24, 2.45) is 0 Å². The Morgan fingerprint density at radius 1 is 1.19 bits per heavy atom. The molecule has 1 saturated heterocycles. The van der Waals surface area contributed by atoms with Crippen LogP contribution in [-0.4, -0.2) is 66.9 Å². The van der Waals surface area contributed by atoms with Crippen molar-refractivity contribution in [1.29, 1.82) is 0 Å². The van der Waals surface area contributed by atoms with Crippen molar-refractivity contribution in [2.75, 3.05) is 49.5 Å². The number of pyridine rings is 1. The lowest BCUT2D eigenvalue weighted by molar-refractivity contribution is -0.124. The Hall–Kier alpha value is -1.80. The average Bonchev–Trinajstić information content (AvgIpc) is 2.69. The van der Waals surface area contributed by atoms with Gasteiger partial charge in [0.2, 0.25) is 0 Å². The van der Waals surface area contributed by atoms with Crippen LogP contribution in [0.25, 0.3) is 0 Å². The molecule has 5 nitrogen and oxygen atoms in total. The van der Waals surface area contributed by atoms with E-state index in [1.165, 1.54) is 0 Å². The standard InChI is InChI=1S/C23H38F3N5/c1-6-19(7-9-27-17-23(24,25)26)16-22(4,5)29-21-15-20(8-10-28-21)31-13-11-30(12-14-31)18(2)3/h8,10,15-16,18,27H,6-7,9,11-14,17H2,1-5H3,(H,28,29)/b19-16+. The zero-order valence-electron chi connectivity index (χ0n) is 19.5. The van der Waals surface area contributed by atoms with Gasteiger partial charge in [0.15, 0.2) is 0 Å². The maximum atomic E-state index is 12.3. The minimum absolute atomic E-state index is 0.311. The van der Waals surface area contributed by atoms with Crippen LogP contribution in [0.1, 0.15) is 47.5 Å². The number of hydrogen-bond donors (Lipinski definition) is 2. The van der Waals surface area contributed by atoms with E-state index in [0.717, 1.165) is 49.7 Å². The molecule has 31 heavy (non-hydrogen) atoms. The van der Waals surface area contributed by atoms with Gasteiger partial charge in [-0.25, -0.2) is 4.98 Å². The topological polar surface area (TPSA) is 43.4 Å². The van der Waals surface area contributed by atoms with Gasteiger partial charge in [-0.05, 0) is 53.1 Å². The van der Waals surface area contributed by atoms with Crippen LogP contribution in [0.5, 0.6) is 0 Å². The SMILES string of the molecule is CC/C(=C\C(C)(C)Nc1cc(N2CCN(C(C)C)CC2)ccn1)CCNCC(F)(F)F. The lowest BCUT2D eigenvalue weighted by Gasteiger charge is -2.38. The van der Waals surface area contributed by atoms with Crippen molar-refractivity contribution in [3.05, 3.63) is 30.0 Å². The van der Waals surface area contributed by atoms with Gasteiger partial charge in [-0.2, -0.15) is 13.2 Å². The predicted octanol–water partition coefficient (Wildman–Crippen LogP) is 4.68. The van der Waals surface area contributed by atoms with E-state index in [4.69, 9.17) is 0 Å². The molecule has 176 valence electrons. The molecule has 2 heterocycles. The first-order chi connectivity index (χ1) is 14.5. The third kappa shape index (κ3) is 9.07. The zero-order chi connectivity index (χ0) is 23.1. The van der Waals surface area contributed by atoms with Crippen molar-refractivity contribution < 1.29 is 13.2 Å². The van der Waals surface area contributed by atoms with E-state index in [1.807, 2.05) is 19.2 Å². The Labute approximate surface area is 185 Å². The van der Waals surface area contributed by atoms with Gasteiger partial charge >= 0.3 is 6.18 Å². The number of aromatic nitrogens is 1. The molecule has 1 fully saturated rings. The molecule has 2 rings (SSSR count). The second-order valence-electron chi connectivity index (χ2n) is 9.06. The van der Waals surface area contributed by atoms with Crippen LogP contribution in [0.3, 0.4) is 0 Å². The Morgan fingerprint density at radius 2 is 1.87 bits per heavy atom. The van der Waals surface area contributed by atoms with Crippen molar-refractivity contribution >= 4 is 11.5 Å². The number of hydrogen-bond acceptors (Lipinski definition) is 5. The molecule has 0 saturated carbocycles. The molecule has 0 radical (unpaired) electrons. The Kier molecular flexibility index (Phi) is 9.18. The molecule has 0 amide bonds. The highest BCUT2D eigenvalue weighted by atomic mass is 19.4. The quantitative estimate of drug-likeness (QED) is 0.408. The molecular weight excluding hydrogens is 403 g/mol. The lowest BCUT2D eigenvalue weighted by atomic mass is 9.98. The summed E-state index contributed by atoms with van der Waals surface area (Å²) in [5, 5.41) is 5.95. The molecule has 1 aromatic heterocycles. The van der Waals surface area contributed by atoms with Gasteiger partial charge in [0.1, 0.15) is 5.82 Å². The van der Waals surface area contributed by atoms with Gasteiger partial charge in [-0.1, -0.05) is 18.6 Å². The largest absolute Gasteiger partial charge is 0.401 e. The van der Waals surface area contributed by atoms with Gasteiger partial charge < -0.3 is 15.5 Å². The first-order valence-electron chi connectivity index (χ1n) is 11.2. The Morgan fingerprint density at radius 3 is 2.45 bits per heavy atom. The fourth-order valence-electron chi connectivity index (χ4n) is 3.89. The summed E-state index contributed by atoms with van der Waals surface area (Å²) >= 11 is 0. The van der Waals surface area contributed by atoms with Crippen molar-refractivity contribution in [1.82, 2.24) is 15.2 Å². The number of nitrogens with one attached hydrogen (secondary N) is 2. The molecule has 1 aliphatic rings. The van der Waals surface area contributed by atoms with Crippen LogP contribution >= 0.6 is 0 Å². The van der Waals surface area contributed by atoms with Gasteiger partial charge in [-0.3, -0.25) is 4.90 Å². The van der Waals surface area contributed by atoms with Crippen LogP contribution in [0, 0.1) is 0 Å². The lowest BCUT2D eigenvalue weighted by Crippen LogP contribution is -2.48. The van der Waals surface area contributed by atoms with E-state index in [2.05, 4.69) is 65.3 Å². The predicted molar refractivity (Wildman–Crippen MR) is 123 cm³/mol. The summed E-state index contributed by atoms with van der Waals surface area (Å²) in [6.07, 6.45) is 1.15. The minimum atomic E-state index is -4.17. The molecule has 0 atom stereocenters. The average molecular weight is 442 g/mol. The number of rotatable bonds is 10. The van der Waals surface area contributed by atoms with Crippen LogP contribution in [0.2, 0.25) is 0 Å². The van der Waals surface area contributed by atoms with E-state index >= 15 is 0 Å². The Balaban J connectivity index is 1.95. The van der Waals surface area contributed by atoms with E-state index in [0.29, 0.717) is 19.0 Å². The van der Waals surface area contributed by atoms with Crippen molar-refractivity contribution in [3.8, 4) is 0 Å². The fraction of sp³-hybridized carbons (Fsp3) is 0.696. The van der Waals surface area contributed by atoms with Crippen LogP contribution in [-0.2, 0) is 0 Å². The summed E-state index contributed by atoms with van der Waals surface area (Å²) in [7, 11) is 0. The molecule has 1 aliphatic heterocycles. The highest BCUT2D eigenvalue weighted by Gasteiger charge is 2.26. The molecule has 2 N–H and O–H groups in total. The van der Waals surface area contributed by atoms with E-state index in [-0.39, 0.29) is 5.54 Å². The summed E-state index contributed by atoms with van der Waals surface area (Å²) in [5.74, 6) is 0.802. The fourth-order valence-corrected chi connectivity index (χ4v) is 3.89. The monoisotopic (exact) mass is 441 g/mol. The van der Waals surface area contributed by atoms with Crippen molar-refractivity contribution in [3.63, 3.8) is 0 Å². The summed E-state index contributed by atoms with van der Waals surface area (Å²) < 4.78 is 36.9. The second kappa shape index (κ2) is 11.2. The summed E-state index contributed by atoms with van der Waals surface area (Å²) in [6.45, 7) is 14.1. The Bertz CT molecular complexity index is 707. The van der Waals surface area contributed by atoms with Gasteiger partial charge in [0, 0.05) is 50.2 Å². The van der Waals surface area contributed by atoms with E-state index in [9.17, 15) is 13.2 Å². The van der Waals surface area contributed by atoms with E-state index in [1.54, 1.807) is 0 Å². The summed E-state index contributed by atoms with van der Waals surface area (Å²) in [4.78, 5) is 9.36. The van der Waals surface area contributed by atoms with Gasteiger partial charge in [0.25, 0.3) is 0 Å². The summed E-state index contributed by atoms with van der Waals surface area (Å²) in [5.41, 5.74) is 1.91. The normalized spacial score (nSPS) is 16.8. The third-order valence-electron chi connectivity index (χ3n) is 5.57. The van der Waals surface area contributed by atoms with Crippen LogP contribution < -0.4 is 15.5 Å². The maximum absolute atomic E-state index is 12.3. The highest BCUT2D eigenvalue weighted by Crippen LogP contribution is 2.24. The molecule has 8 heteroatoms. The van der Waals surface area contributed by atoms with Crippen LogP contribution in [0.4, 0.5) is 24.7 Å². The maximum Gasteiger partial charge on any atom is 0.401 e. The first-order valence-corrected chi connectivity index (χ1v) is 11.2. The molecule has 1 aromatic rings. The number of nitrogens with zero attached hydrogens (tertiary/aromatic N) is 3.